The highest BCUT2D eigenvalue weighted by molar-refractivity contribution is 5.76. The van der Waals surface area contributed by atoms with Gasteiger partial charge in [0.05, 0.1) is 0 Å². The molecule has 1 heterocycles. The van der Waals surface area contributed by atoms with Crippen LogP contribution in [-0.4, -0.2) is 29.8 Å². The highest BCUT2D eigenvalue weighted by Gasteiger charge is 2.21. The monoisotopic (exact) mass is 223 g/mol. The highest BCUT2D eigenvalue weighted by Crippen LogP contribution is 2.20. The van der Waals surface area contributed by atoms with E-state index in [0.29, 0.717) is 11.8 Å². The van der Waals surface area contributed by atoms with Crippen molar-refractivity contribution in [2.75, 3.05) is 13.1 Å². The van der Waals surface area contributed by atoms with Crippen molar-refractivity contribution in [3.63, 3.8) is 0 Å². The predicted octanol–water partition coefficient (Wildman–Crippen LogP) is 3.18. The zero-order valence-corrected chi connectivity index (χ0v) is 10.8. The normalized spacial score (nSPS) is 22.8. The van der Waals surface area contributed by atoms with Gasteiger partial charge in [0.25, 0.3) is 0 Å². The second-order valence-electron chi connectivity index (χ2n) is 5.15. The molecule has 16 heavy (non-hydrogen) atoms. The molecule has 1 rings (SSSR count). The number of likely N-dealkylation sites (tertiary alicyclic amines) is 1. The Balaban J connectivity index is 2.51. The van der Waals surface area contributed by atoms with E-state index in [-0.39, 0.29) is 0 Å². The molecule has 0 radical (unpaired) electrons. The second kappa shape index (κ2) is 6.85. The molecule has 92 valence electrons. The first-order valence-electron chi connectivity index (χ1n) is 6.47. The third-order valence-electron chi connectivity index (χ3n) is 3.35. The summed E-state index contributed by atoms with van der Waals surface area (Å²) in [5, 5.41) is 0. The minimum Gasteiger partial charge on any atom is -0.300 e. The maximum absolute atomic E-state index is 11.3. The lowest BCUT2D eigenvalue weighted by atomic mass is 10.0. The summed E-state index contributed by atoms with van der Waals surface area (Å²) >= 11 is 0. The van der Waals surface area contributed by atoms with Gasteiger partial charge < -0.3 is 0 Å². The SMILES string of the molecule is C=C(C)CCN1CCCCCC1CC(C)=O. The molecule has 1 unspecified atom stereocenters. The molecule has 2 heteroatoms. The average molecular weight is 223 g/mol. The molecule has 1 atom stereocenters. The summed E-state index contributed by atoms with van der Waals surface area (Å²) in [5.74, 6) is 0.326. The Morgan fingerprint density at radius 2 is 2.06 bits per heavy atom. The number of hydrogen-bond acceptors (Lipinski definition) is 2. The predicted molar refractivity (Wildman–Crippen MR) is 68.6 cm³/mol. The summed E-state index contributed by atoms with van der Waals surface area (Å²) in [6, 6.07) is 0.486. The van der Waals surface area contributed by atoms with Crippen molar-refractivity contribution in [1.82, 2.24) is 4.90 Å². The topological polar surface area (TPSA) is 20.3 Å². The van der Waals surface area contributed by atoms with Crippen LogP contribution in [0.15, 0.2) is 12.2 Å². The minimum absolute atomic E-state index is 0.326. The first-order chi connectivity index (χ1) is 7.59. The van der Waals surface area contributed by atoms with Crippen molar-refractivity contribution < 1.29 is 4.79 Å². The van der Waals surface area contributed by atoms with E-state index < -0.39 is 0 Å². The Morgan fingerprint density at radius 3 is 2.69 bits per heavy atom. The van der Waals surface area contributed by atoms with E-state index in [4.69, 9.17) is 0 Å². The van der Waals surface area contributed by atoms with Crippen LogP contribution in [0.25, 0.3) is 0 Å². The summed E-state index contributed by atoms with van der Waals surface area (Å²) in [7, 11) is 0. The van der Waals surface area contributed by atoms with Gasteiger partial charge in [-0.2, -0.15) is 0 Å². The summed E-state index contributed by atoms with van der Waals surface area (Å²) in [6.07, 6.45) is 6.87. The molecule has 0 saturated carbocycles. The molecule has 1 saturated heterocycles. The summed E-state index contributed by atoms with van der Waals surface area (Å²) in [4.78, 5) is 13.8. The van der Waals surface area contributed by atoms with Crippen LogP contribution in [0.2, 0.25) is 0 Å². The Hall–Kier alpha value is -0.630. The van der Waals surface area contributed by atoms with Crippen molar-refractivity contribution in [1.29, 1.82) is 0 Å². The molecule has 1 aliphatic heterocycles. The van der Waals surface area contributed by atoms with E-state index in [2.05, 4.69) is 18.4 Å². The van der Waals surface area contributed by atoms with Crippen LogP contribution >= 0.6 is 0 Å². The lowest BCUT2D eigenvalue weighted by Crippen LogP contribution is -2.37. The van der Waals surface area contributed by atoms with Crippen molar-refractivity contribution in [2.45, 2.75) is 58.4 Å². The van der Waals surface area contributed by atoms with E-state index in [1.165, 1.54) is 31.3 Å². The van der Waals surface area contributed by atoms with Gasteiger partial charge in [0.2, 0.25) is 0 Å². The Kier molecular flexibility index (Phi) is 5.75. The van der Waals surface area contributed by atoms with Crippen LogP contribution in [0.3, 0.4) is 0 Å². The molecule has 0 aromatic heterocycles. The van der Waals surface area contributed by atoms with Crippen LogP contribution in [0.1, 0.15) is 52.4 Å². The standard InChI is InChI=1S/C14H25NO/c1-12(2)8-10-15-9-6-4-5-7-14(15)11-13(3)16/h14H,1,4-11H2,2-3H3. The number of ketones is 1. The fourth-order valence-electron chi connectivity index (χ4n) is 2.43. The largest absolute Gasteiger partial charge is 0.300 e. The van der Waals surface area contributed by atoms with E-state index in [1.54, 1.807) is 6.92 Å². The molecule has 0 aliphatic carbocycles. The Labute approximate surface area is 99.7 Å². The molecule has 1 fully saturated rings. The number of rotatable bonds is 5. The third-order valence-corrected chi connectivity index (χ3v) is 3.35. The lowest BCUT2D eigenvalue weighted by Gasteiger charge is -2.29. The third kappa shape index (κ3) is 4.93. The molecule has 0 aromatic carbocycles. The first-order valence-corrected chi connectivity index (χ1v) is 6.47. The summed E-state index contributed by atoms with van der Waals surface area (Å²) < 4.78 is 0. The Morgan fingerprint density at radius 1 is 1.31 bits per heavy atom. The smallest absolute Gasteiger partial charge is 0.131 e. The second-order valence-corrected chi connectivity index (χ2v) is 5.15. The fraction of sp³-hybridized carbons (Fsp3) is 0.786. The van der Waals surface area contributed by atoms with Crippen LogP contribution in [0, 0.1) is 0 Å². The molecule has 0 N–H and O–H groups in total. The molecule has 1 aliphatic rings. The van der Waals surface area contributed by atoms with E-state index >= 15 is 0 Å². The first kappa shape index (κ1) is 13.4. The lowest BCUT2D eigenvalue weighted by molar-refractivity contribution is -0.118. The van der Waals surface area contributed by atoms with Crippen molar-refractivity contribution >= 4 is 5.78 Å². The number of nitrogens with zero attached hydrogens (tertiary/aromatic N) is 1. The number of Topliss-reactive ketones (excluding diaryl/α,β-unsaturated/α-hetero) is 1. The molecular formula is C14H25NO. The molecular weight excluding hydrogens is 198 g/mol. The molecule has 2 nitrogen and oxygen atoms in total. The maximum Gasteiger partial charge on any atom is 0.131 e. The van der Waals surface area contributed by atoms with Crippen molar-refractivity contribution in [3.05, 3.63) is 12.2 Å². The van der Waals surface area contributed by atoms with Gasteiger partial charge >= 0.3 is 0 Å². The molecule has 0 amide bonds. The number of hydrogen-bond donors (Lipinski definition) is 0. The number of carbonyl (C=O) groups is 1. The van der Waals surface area contributed by atoms with Gasteiger partial charge in [-0.15, -0.1) is 6.58 Å². The number of carbonyl (C=O) groups excluding carboxylic acids is 1. The quantitative estimate of drug-likeness (QED) is 0.667. The highest BCUT2D eigenvalue weighted by atomic mass is 16.1. The molecule has 0 bridgehead atoms. The van der Waals surface area contributed by atoms with Crippen LogP contribution in [0.5, 0.6) is 0 Å². The van der Waals surface area contributed by atoms with Gasteiger partial charge in [0.1, 0.15) is 5.78 Å². The zero-order chi connectivity index (χ0) is 12.0. The van der Waals surface area contributed by atoms with Crippen LogP contribution in [-0.2, 0) is 4.79 Å². The van der Waals surface area contributed by atoms with Gasteiger partial charge in [-0.1, -0.05) is 18.4 Å². The van der Waals surface area contributed by atoms with E-state index in [1.807, 2.05) is 0 Å². The molecule has 0 spiro atoms. The average Bonchev–Trinajstić information content (AvgIpc) is 2.39. The van der Waals surface area contributed by atoms with Crippen LogP contribution in [0.4, 0.5) is 0 Å². The van der Waals surface area contributed by atoms with Gasteiger partial charge in [-0.05, 0) is 39.7 Å². The Bertz CT molecular complexity index is 247. The van der Waals surface area contributed by atoms with Crippen LogP contribution < -0.4 is 0 Å². The van der Waals surface area contributed by atoms with E-state index in [9.17, 15) is 4.79 Å². The van der Waals surface area contributed by atoms with Gasteiger partial charge in [-0.25, -0.2) is 0 Å². The molecule has 0 aromatic rings. The fourth-order valence-corrected chi connectivity index (χ4v) is 2.43. The maximum atomic E-state index is 11.3. The minimum atomic E-state index is 0.326. The van der Waals surface area contributed by atoms with Gasteiger partial charge in [-0.3, -0.25) is 9.69 Å². The zero-order valence-electron chi connectivity index (χ0n) is 10.8. The van der Waals surface area contributed by atoms with Gasteiger partial charge in [0, 0.05) is 19.0 Å². The summed E-state index contributed by atoms with van der Waals surface area (Å²) in [6.45, 7) is 9.98. The summed E-state index contributed by atoms with van der Waals surface area (Å²) in [5.41, 5.74) is 1.24. The van der Waals surface area contributed by atoms with Crippen molar-refractivity contribution in [3.8, 4) is 0 Å². The van der Waals surface area contributed by atoms with E-state index in [0.717, 1.165) is 25.9 Å². The van der Waals surface area contributed by atoms with Crippen molar-refractivity contribution in [2.24, 2.45) is 0 Å². The van der Waals surface area contributed by atoms with Gasteiger partial charge in [0.15, 0.2) is 0 Å².